The van der Waals surface area contributed by atoms with Gasteiger partial charge in [0.1, 0.15) is 5.92 Å². The van der Waals surface area contributed by atoms with Crippen LogP contribution < -0.4 is 5.73 Å². The third-order valence-corrected chi connectivity index (χ3v) is 2.90. The lowest BCUT2D eigenvalue weighted by Gasteiger charge is -2.13. The van der Waals surface area contributed by atoms with E-state index in [2.05, 4.69) is 4.98 Å². The number of nitrogens with two attached hydrogens (primary N) is 1. The van der Waals surface area contributed by atoms with Crippen molar-refractivity contribution >= 4 is 11.7 Å². The second-order valence-electron chi connectivity index (χ2n) is 4.15. The summed E-state index contributed by atoms with van der Waals surface area (Å²) in [6, 6.07) is 11.3. The minimum absolute atomic E-state index is 0.241. The van der Waals surface area contributed by atoms with E-state index in [1.54, 1.807) is 6.20 Å². The zero-order chi connectivity index (χ0) is 13.0. The molecule has 2 rings (SSSR count). The molecule has 1 unspecified atom stereocenters. The molecule has 0 aliphatic carbocycles. The van der Waals surface area contributed by atoms with Crippen LogP contribution in [0.4, 0.5) is 5.69 Å². The second kappa shape index (κ2) is 5.40. The van der Waals surface area contributed by atoms with Gasteiger partial charge in [-0.25, -0.2) is 0 Å². The second-order valence-corrected chi connectivity index (χ2v) is 4.15. The zero-order valence-corrected chi connectivity index (χ0v) is 10.2. The van der Waals surface area contributed by atoms with Crippen molar-refractivity contribution < 1.29 is 9.53 Å². The lowest BCUT2D eigenvalue weighted by Crippen LogP contribution is -2.17. The minimum atomic E-state index is -0.311. The number of ether oxygens (including phenoxy) is 1. The van der Waals surface area contributed by atoms with Crippen LogP contribution in [0, 0.1) is 0 Å². The number of anilines is 1. The standard InChI is InChI=1S/C14H16N2O2/c1-18-14(17)12(13-3-2-8-16-13)9-10-4-6-11(15)7-5-10/h2-8,12,16H,9,15H2,1H3. The molecule has 4 nitrogen and oxygen atoms in total. The molecule has 0 aliphatic rings. The number of H-pyrrole nitrogens is 1. The summed E-state index contributed by atoms with van der Waals surface area (Å²) < 4.78 is 4.85. The Morgan fingerprint density at radius 2 is 2.06 bits per heavy atom. The number of aromatic nitrogens is 1. The van der Waals surface area contributed by atoms with Gasteiger partial charge in [-0.05, 0) is 36.2 Å². The van der Waals surface area contributed by atoms with Crippen molar-refractivity contribution in [2.24, 2.45) is 0 Å². The molecule has 0 radical (unpaired) electrons. The number of nitrogens with one attached hydrogen (secondary N) is 1. The fourth-order valence-electron chi connectivity index (χ4n) is 1.91. The molecule has 1 aromatic carbocycles. The first-order valence-corrected chi connectivity index (χ1v) is 5.76. The van der Waals surface area contributed by atoms with E-state index in [1.165, 1.54) is 7.11 Å². The normalized spacial score (nSPS) is 12.1. The molecule has 4 heteroatoms. The van der Waals surface area contributed by atoms with Gasteiger partial charge in [0.05, 0.1) is 7.11 Å². The van der Waals surface area contributed by atoms with E-state index < -0.39 is 0 Å². The molecule has 0 bridgehead atoms. The molecule has 18 heavy (non-hydrogen) atoms. The molecule has 0 amide bonds. The van der Waals surface area contributed by atoms with Crippen molar-refractivity contribution in [3.8, 4) is 0 Å². The summed E-state index contributed by atoms with van der Waals surface area (Å²) in [6.45, 7) is 0. The smallest absolute Gasteiger partial charge is 0.315 e. The van der Waals surface area contributed by atoms with Gasteiger partial charge in [-0.3, -0.25) is 4.79 Å². The van der Waals surface area contributed by atoms with Crippen molar-refractivity contribution in [2.75, 3.05) is 12.8 Å². The van der Waals surface area contributed by atoms with Crippen LogP contribution in [0.5, 0.6) is 0 Å². The Hall–Kier alpha value is -2.23. The van der Waals surface area contributed by atoms with Gasteiger partial charge < -0.3 is 15.5 Å². The van der Waals surface area contributed by atoms with E-state index in [0.717, 1.165) is 11.3 Å². The summed E-state index contributed by atoms with van der Waals surface area (Å²) in [6.07, 6.45) is 2.39. The maximum atomic E-state index is 11.8. The van der Waals surface area contributed by atoms with Crippen molar-refractivity contribution in [1.82, 2.24) is 4.98 Å². The highest BCUT2D eigenvalue weighted by Crippen LogP contribution is 2.21. The summed E-state index contributed by atoms with van der Waals surface area (Å²) in [5.41, 5.74) is 8.27. The van der Waals surface area contributed by atoms with Crippen LogP contribution in [0.3, 0.4) is 0 Å². The molecule has 0 aliphatic heterocycles. The van der Waals surface area contributed by atoms with Gasteiger partial charge in [0.2, 0.25) is 0 Å². The van der Waals surface area contributed by atoms with E-state index in [-0.39, 0.29) is 11.9 Å². The minimum Gasteiger partial charge on any atom is -0.468 e. The number of hydrogen-bond donors (Lipinski definition) is 2. The number of rotatable bonds is 4. The predicted molar refractivity (Wildman–Crippen MR) is 70.1 cm³/mol. The average molecular weight is 244 g/mol. The van der Waals surface area contributed by atoms with Crippen molar-refractivity contribution in [3.05, 3.63) is 53.9 Å². The van der Waals surface area contributed by atoms with E-state index >= 15 is 0 Å². The number of nitrogen functional groups attached to an aromatic ring is 1. The van der Waals surface area contributed by atoms with Gasteiger partial charge in [-0.1, -0.05) is 12.1 Å². The highest BCUT2D eigenvalue weighted by Gasteiger charge is 2.22. The summed E-state index contributed by atoms with van der Waals surface area (Å²) in [4.78, 5) is 14.9. The Labute approximate surface area is 106 Å². The summed E-state index contributed by atoms with van der Waals surface area (Å²) in [5.74, 6) is -0.553. The summed E-state index contributed by atoms with van der Waals surface area (Å²) in [5, 5.41) is 0. The zero-order valence-electron chi connectivity index (χ0n) is 10.2. The third kappa shape index (κ3) is 2.71. The fourth-order valence-corrected chi connectivity index (χ4v) is 1.91. The van der Waals surface area contributed by atoms with Gasteiger partial charge in [0.25, 0.3) is 0 Å². The Balaban J connectivity index is 2.20. The molecular formula is C14H16N2O2. The largest absolute Gasteiger partial charge is 0.468 e. The Kier molecular flexibility index (Phi) is 3.67. The molecule has 0 spiro atoms. The highest BCUT2D eigenvalue weighted by atomic mass is 16.5. The molecule has 0 saturated heterocycles. The van der Waals surface area contributed by atoms with E-state index in [0.29, 0.717) is 12.1 Å². The van der Waals surface area contributed by atoms with Crippen LogP contribution >= 0.6 is 0 Å². The van der Waals surface area contributed by atoms with Crippen LogP contribution in [-0.4, -0.2) is 18.1 Å². The molecule has 2 aromatic rings. The van der Waals surface area contributed by atoms with E-state index in [9.17, 15) is 4.79 Å². The summed E-state index contributed by atoms with van der Waals surface area (Å²) >= 11 is 0. The molecule has 1 aromatic heterocycles. The fraction of sp³-hybridized carbons (Fsp3) is 0.214. The Morgan fingerprint density at radius 3 is 2.61 bits per heavy atom. The Morgan fingerprint density at radius 1 is 1.33 bits per heavy atom. The van der Waals surface area contributed by atoms with Gasteiger partial charge >= 0.3 is 5.97 Å². The molecular weight excluding hydrogens is 228 g/mol. The van der Waals surface area contributed by atoms with Crippen LogP contribution in [0.25, 0.3) is 0 Å². The molecule has 1 atom stereocenters. The average Bonchev–Trinajstić information content (AvgIpc) is 2.91. The first-order valence-electron chi connectivity index (χ1n) is 5.76. The van der Waals surface area contributed by atoms with Crippen molar-refractivity contribution in [2.45, 2.75) is 12.3 Å². The monoisotopic (exact) mass is 244 g/mol. The SMILES string of the molecule is COC(=O)C(Cc1ccc(N)cc1)c1ccc[nH]1. The van der Waals surface area contributed by atoms with Crippen LogP contribution in [-0.2, 0) is 16.0 Å². The third-order valence-electron chi connectivity index (χ3n) is 2.90. The number of benzene rings is 1. The van der Waals surface area contributed by atoms with E-state index in [4.69, 9.17) is 10.5 Å². The predicted octanol–water partition coefficient (Wildman–Crippen LogP) is 2.10. The molecule has 3 N–H and O–H groups in total. The van der Waals surface area contributed by atoms with Gasteiger partial charge in [0, 0.05) is 17.6 Å². The van der Waals surface area contributed by atoms with Gasteiger partial charge in [0.15, 0.2) is 0 Å². The first kappa shape index (κ1) is 12.2. The van der Waals surface area contributed by atoms with Crippen molar-refractivity contribution in [1.29, 1.82) is 0 Å². The van der Waals surface area contributed by atoms with Crippen molar-refractivity contribution in [3.63, 3.8) is 0 Å². The quantitative estimate of drug-likeness (QED) is 0.639. The number of esters is 1. The molecule has 1 heterocycles. The maximum absolute atomic E-state index is 11.8. The Bertz CT molecular complexity index is 503. The maximum Gasteiger partial charge on any atom is 0.315 e. The van der Waals surface area contributed by atoms with Crippen LogP contribution in [0.1, 0.15) is 17.2 Å². The number of aromatic amines is 1. The summed E-state index contributed by atoms with van der Waals surface area (Å²) in [7, 11) is 1.40. The topological polar surface area (TPSA) is 68.1 Å². The lowest BCUT2D eigenvalue weighted by molar-refractivity contribution is -0.142. The number of hydrogen-bond acceptors (Lipinski definition) is 3. The molecule has 94 valence electrons. The molecule has 0 fully saturated rings. The number of methoxy groups -OCH3 is 1. The lowest BCUT2D eigenvalue weighted by atomic mass is 9.96. The van der Waals surface area contributed by atoms with E-state index in [1.807, 2.05) is 36.4 Å². The van der Waals surface area contributed by atoms with Crippen LogP contribution in [0.2, 0.25) is 0 Å². The first-order chi connectivity index (χ1) is 8.70. The van der Waals surface area contributed by atoms with Gasteiger partial charge in [-0.2, -0.15) is 0 Å². The number of carbonyl (C=O) groups is 1. The highest BCUT2D eigenvalue weighted by molar-refractivity contribution is 5.77. The van der Waals surface area contributed by atoms with Gasteiger partial charge in [-0.15, -0.1) is 0 Å². The molecule has 0 saturated carbocycles. The van der Waals surface area contributed by atoms with Crippen LogP contribution in [0.15, 0.2) is 42.6 Å². The number of carbonyl (C=O) groups excluding carboxylic acids is 1.